The van der Waals surface area contributed by atoms with E-state index >= 15 is 0 Å². The van der Waals surface area contributed by atoms with Gasteiger partial charge in [-0.05, 0) is 55.5 Å². The molecule has 2 aliphatic rings. The highest BCUT2D eigenvalue weighted by atomic mass is 35.5. The van der Waals surface area contributed by atoms with E-state index in [4.69, 9.17) is 11.6 Å². The van der Waals surface area contributed by atoms with Gasteiger partial charge in [-0.2, -0.15) is 0 Å². The molecule has 0 bridgehead atoms. The number of carbonyl (C=O) groups is 2. The average molecular weight is 479 g/mol. The van der Waals surface area contributed by atoms with Crippen molar-refractivity contribution >= 4 is 42.8 Å². The Morgan fingerprint density at radius 3 is 2.45 bits per heavy atom. The lowest BCUT2D eigenvalue weighted by molar-refractivity contribution is -0.115. The average Bonchev–Trinajstić information content (AvgIpc) is 3.03. The molecule has 0 saturated heterocycles. The lowest BCUT2D eigenvalue weighted by atomic mass is 9.91. The fraction of sp³-hybridized carbons (Fsp3) is 0.273. The molecule has 4 rings (SSSR count). The number of hydrogen-bond acceptors (Lipinski definition) is 6. The zero-order valence-corrected chi connectivity index (χ0v) is 19.0. The molecular formula is C22H19ClO6S2. The standard InChI is InChI=1S/C22H19ClO6S2/c1-13-5-2-3-7-17(13)31(28,29)19-8-4-6-16(24)20(19)22(25)15-9-10-18-14(21(15)23)11-12-30(18,26)27/h2-3,5,7,9-10H,4,6,8,11-12H2,1H3. The molecule has 0 spiro atoms. The van der Waals surface area contributed by atoms with Gasteiger partial charge >= 0.3 is 0 Å². The fourth-order valence-corrected chi connectivity index (χ4v) is 7.96. The van der Waals surface area contributed by atoms with Crippen LogP contribution in [0.4, 0.5) is 0 Å². The molecule has 6 nitrogen and oxygen atoms in total. The summed E-state index contributed by atoms with van der Waals surface area (Å²) in [6.07, 6.45) is 0.621. The molecule has 0 atom stereocenters. The Morgan fingerprint density at radius 1 is 1.03 bits per heavy atom. The van der Waals surface area contributed by atoms with Crippen LogP contribution in [0, 0.1) is 6.92 Å². The first-order valence-electron chi connectivity index (χ1n) is 9.71. The molecule has 0 unspecified atom stereocenters. The van der Waals surface area contributed by atoms with Crippen LogP contribution in [-0.2, 0) is 30.9 Å². The van der Waals surface area contributed by atoms with E-state index in [0.717, 1.165) is 0 Å². The second-order valence-electron chi connectivity index (χ2n) is 7.65. The number of sulfone groups is 2. The molecule has 0 N–H and O–H groups in total. The summed E-state index contributed by atoms with van der Waals surface area (Å²) in [5.74, 6) is -1.43. The van der Waals surface area contributed by atoms with Crippen molar-refractivity contribution in [2.75, 3.05) is 5.75 Å². The minimum atomic E-state index is -4.07. The van der Waals surface area contributed by atoms with Crippen molar-refractivity contribution in [1.29, 1.82) is 0 Å². The number of Topliss-reactive ketones (excluding diaryl/α,β-unsaturated/α-hetero) is 2. The third-order valence-corrected chi connectivity index (χ3v) is 10.0. The number of ketones is 2. The Kier molecular flexibility index (Phi) is 5.44. The molecule has 0 saturated carbocycles. The Bertz CT molecular complexity index is 1390. The maximum absolute atomic E-state index is 13.4. The molecule has 2 aromatic rings. The second-order valence-corrected chi connectivity index (χ2v) is 12.0. The Balaban J connectivity index is 1.91. The van der Waals surface area contributed by atoms with E-state index in [9.17, 15) is 26.4 Å². The van der Waals surface area contributed by atoms with E-state index in [2.05, 4.69) is 0 Å². The molecule has 1 heterocycles. The van der Waals surface area contributed by atoms with Gasteiger partial charge in [-0.1, -0.05) is 29.8 Å². The van der Waals surface area contributed by atoms with Crippen LogP contribution in [0.15, 0.2) is 56.7 Å². The van der Waals surface area contributed by atoms with Crippen LogP contribution in [0.5, 0.6) is 0 Å². The lowest BCUT2D eigenvalue weighted by Crippen LogP contribution is -2.24. The van der Waals surface area contributed by atoms with Crippen molar-refractivity contribution in [3.8, 4) is 0 Å². The first kappa shape index (κ1) is 21.9. The second kappa shape index (κ2) is 7.69. The van der Waals surface area contributed by atoms with E-state index in [1.165, 1.54) is 18.2 Å². The van der Waals surface area contributed by atoms with Gasteiger partial charge in [0.2, 0.25) is 9.84 Å². The minimum Gasteiger partial charge on any atom is -0.294 e. The van der Waals surface area contributed by atoms with Gasteiger partial charge in [-0.25, -0.2) is 16.8 Å². The number of hydrogen-bond donors (Lipinski definition) is 0. The molecule has 1 aliphatic carbocycles. The summed E-state index contributed by atoms with van der Waals surface area (Å²) in [6, 6.07) is 8.96. The summed E-state index contributed by atoms with van der Waals surface area (Å²) in [5, 5.41) is -0.0397. The minimum absolute atomic E-state index is 0.0397. The largest absolute Gasteiger partial charge is 0.294 e. The Labute approximate surface area is 185 Å². The molecule has 0 fully saturated rings. The van der Waals surface area contributed by atoms with Gasteiger partial charge in [0.1, 0.15) is 0 Å². The molecule has 9 heteroatoms. The van der Waals surface area contributed by atoms with Gasteiger partial charge in [0.15, 0.2) is 21.4 Å². The predicted octanol–water partition coefficient (Wildman–Crippen LogP) is 3.64. The summed E-state index contributed by atoms with van der Waals surface area (Å²) < 4.78 is 51.0. The number of aryl methyl sites for hydroxylation is 1. The van der Waals surface area contributed by atoms with Crippen molar-refractivity contribution in [3.63, 3.8) is 0 Å². The summed E-state index contributed by atoms with van der Waals surface area (Å²) in [6.45, 7) is 1.65. The molecule has 2 aromatic carbocycles. The third-order valence-electron chi connectivity index (χ3n) is 5.70. The number of halogens is 1. The zero-order valence-electron chi connectivity index (χ0n) is 16.6. The number of allylic oxidation sites excluding steroid dienone is 2. The summed E-state index contributed by atoms with van der Waals surface area (Å²) >= 11 is 6.38. The van der Waals surface area contributed by atoms with Crippen molar-refractivity contribution in [2.24, 2.45) is 0 Å². The van der Waals surface area contributed by atoms with E-state index in [-0.39, 0.29) is 55.9 Å². The van der Waals surface area contributed by atoms with Crippen LogP contribution in [0.1, 0.15) is 40.7 Å². The summed E-state index contributed by atoms with van der Waals surface area (Å²) in [4.78, 5) is 26.1. The van der Waals surface area contributed by atoms with Crippen LogP contribution in [-0.4, -0.2) is 34.2 Å². The third kappa shape index (κ3) is 3.56. The van der Waals surface area contributed by atoms with Crippen LogP contribution in [0.2, 0.25) is 5.02 Å². The quantitative estimate of drug-likeness (QED) is 0.491. The number of rotatable bonds is 4. The van der Waals surface area contributed by atoms with Crippen LogP contribution < -0.4 is 0 Å². The highest BCUT2D eigenvalue weighted by molar-refractivity contribution is 7.95. The Morgan fingerprint density at radius 2 is 1.74 bits per heavy atom. The van der Waals surface area contributed by atoms with Gasteiger partial charge in [0.05, 0.1) is 31.0 Å². The highest BCUT2D eigenvalue weighted by Crippen LogP contribution is 2.38. The van der Waals surface area contributed by atoms with Crippen LogP contribution in [0.25, 0.3) is 0 Å². The maximum atomic E-state index is 13.4. The summed E-state index contributed by atoms with van der Waals surface area (Å²) in [5.41, 5.74) is 0.415. The van der Waals surface area contributed by atoms with Crippen LogP contribution in [0.3, 0.4) is 0 Å². The monoisotopic (exact) mass is 478 g/mol. The topological polar surface area (TPSA) is 102 Å². The van der Waals surface area contributed by atoms with Crippen LogP contribution >= 0.6 is 11.6 Å². The number of fused-ring (bicyclic) bond motifs is 1. The molecule has 0 radical (unpaired) electrons. The maximum Gasteiger partial charge on any atom is 0.203 e. The van der Waals surface area contributed by atoms with E-state index < -0.39 is 31.2 Å². The smallest absolute Gasteiger partial charge is 0.203 e. The zero-order chi connectivity index (χ0) is 22.6. The van der Waals surface area contributed by atoms with E-state index in [0.29, 0.717) is 17.5 Å². The van der Waals surface area contributed by atoms with Gasteiger partial charge < -0.3 is 0 Å². The Hall–Kier alpha value is -2.29. The SMILES string of the molecule is Cc1ccccc1S(=O)(=O)C1=C(C(=O)c2ccc3c(c2Cl)CCS3(=O)=O)C(=O)CCC1. The van der Waals surface area contributed by atoms with Gasteiger partial charge in [-0.15, -0.1) is 0 Å². The van der Waals surface area contributed by atoms with Gasteiger partial charge in [-0.3, -0.25) is 9.59 Å². The number of benzene rings is 2. The summed E-state index contributed by atoms with van der Waals surface area (Å²) in [7, 11) is -7.52. The molecule has 31 heavy (non-hydrogen) atoms. The van der Waals surface area contributed by atoms with Gasteiger partial charge in [0, 0.05) is 12.0 Å². The first-order chi connectivity index (χ1) is 14.6. The predicted molar refractivity (Wildman–Crippen MR) is 116 cm³/mol. The van der Waals surface area contributed by atoms with E-state index in [1.54, 1.807) is 25.1 Å². The van der Waals surface area contributed by atoms with E-state index in [1.807, 2.05) is 0 Å². The van der Waals surface area contributed by atoms with Gasteiger partial charge in [0.25, 0.3) is 0 Å². The first-order valence-corrected chi connectivity index (χ1v) is 13.2. The van der Waals surface area contributed by atoms with Crippen molar-refractivity contribution in [3.05, 3.63) is 68.6 Å². The van der Waals surface area contributed by atoms with Crippen molar-refractivity contribution in [1.82, 2.24) is 0 Å². The van der Waals surface area contributed by atoms with Crippen molar-refractivity contribution < 1.29 is 26.4 Å². The molecule has 0 aromatic heterocycles. The molecule has 1 aliphatic heterocycles. The fourth-order valence-electron chi connectivity index (χ4n) is 4.11. The molecule has 0 amide bonds. The number of carbonyl (C=O) groups excluding carboxylic acids is 2. The van der Waals surface area contributed by atoms with Crippen molar-refractivity contribution in [2.45, 2.75) is 42.4 Å². The lowest BCUT2D eigenvalue weighted by Gasteiger charge is -2.20. The highest BCUT2D eigenvalue weighted by Gasteiger charge is 2.37. The molecular weight excluding hydrogens is 460 g/mol. The normalized spacial score (nSPS) is 18.2. The molecule has 162 valence electrons.